The maximum Gasteiger partial charge on any atom is 0.196 e. The summed E-state index contributed by atoms with van der Waals surface area (Å²) in [5.41, 5.74) is 1.52. The topological polar surface area (TPSA) is 27.7 Å². The van der Waals surface area contributed by atoms with Gasteiger partial charge in [-0.15, -0.1) is 6.58 Å². The fourth-order valence-corrected chi connectivity index (χ4v) is 3.32. The zero-order valence-corrected chi connectivity index (χ0v) is 15.0. The van der Waals surface area contributed by atoms with E-state index in [1.54, 1.807) is 0 Å². The van der Waals surface area contributed by atoms with Crippen molar-refractivity contribution in [3.8, 4) is 5.75 Å². The van der Waals surface area contributed by atoms with Crippen molar-refractivity contribution in [1.29, 1.82) is 0 Å². The van der Waals surface area contributed by atoms with Gasteiger partial charge in [0.1, 0.15) is 18.1 Å². The van der Waals surface area contributed by atoms with E-state index in [1.807, 2.05) is 30.3 Å². The van der Waals surface area contributed by atoms with Gasteiger partial charge < -0.3 is 14.2 Å². The first kappa shape index (κ1) is 18.6. The van der Waals surface area contributed by atoms with Gasteiger partial charge in [0.15, 0.2) is 11.7 Å². The Morgan fingerprint density at radius 2 is 1.92 bits per heavy atom. The molecule has 0 spiro atoms. The van der Waals surface area contributed by atoms with Gasteiger partial charge >= 0.3 is 0 Å². The second-order valence-corrected chi connectivity index (χ2v) is 6.60. The number of halogens is 2. The lowest BCUT2D eigenvalue weighted by atomic mass is 9.91. The molecule has 0 bridgehead atoms. The van der Waals surface area contributed by atoms with E-state index in [1.165, 1.54) is 12.7 Å². The van der Waals surface area contributed by atoms with Crippen molar-refractivity contribution < 1.29 is 23.0 Å². The molecule has 1 fully saturated rings. The summed E-state index contributed by atoms with van der Waals surface area (Å²) >= 11 is 0. The van der Waals surface area contributed by atoms with Gasteiger partial charge in [0.05, 0.1) is 19.8 Å². The monoisotopic (exact) mass is 362 g/mol. The van der Waals surface area contributed by atoms with Crippen LogP contribution >= 0.6 is 0 Å². The third kappa shape index (κ3) is 4.15. The molecule has 3 rings (SSSR count). The standard InChI is InChI=1S/C21H24F2O3/c1-3-17-8-6-15(12-25-17)14-4-9-18(10-5-14)26-13-16-7-11-19(24-2)21(23)20(16)22/h3-5,9-10,15,17H,1,6-8,11-13H2,2H3. The molecule has 3 nitrogen and oxygen atoms in total. The minimum Gasteiger partial charge on any atom is -0.498 e. The van der Waals surface area contributed by atoms with Crippen LogP contribution in [0.15, 0.2) is 59.9 Å². The predicted molar refractivity (Wildman–Crippen MR) is 96.4 cm³/mol. The number of allylic oxidation sites excluding steroid dienone is 3. The molecule has 0 radical (unpaired) electrons. The van der Waals surface area contributed by atoms with Crippen molar-refractivity contribution in [2.75, 3.05) is 20.3 Å². The predicted octanol–water partition coefficient (Wildman–Crippen LogP) is 5.36. The summed E-state index contributed by atoms with van der Waals surface area (Å²) < 4.78 is 44.0. The second-order valence-electron chi connectivity index (χ2n) is 6.60. The van der Waals surface area contributed by atoms with E-state index in [-0.39, 0.29) is 18.5 Å². The van der Waals surface area contributed by atoms with Crippen LogP contribution in [0.25, 0.3) is 0 Å². The second kappa shape index (κ2) is 8.49. The first-order valence-electron chi connectivity index (χ1n) is 8.89. The van der Waals surface area contributed by atoms with E-state index in [0.717, 1.165) is 12.8 Å². The van der Waals surface area contributed by atoms with Gasteiger partial charge in [0, 0.05) is 17.9 Å². The van der Waals surface area contributed by atoms with Crippen LogP contribution in [0.2, 0.25) is 0 Å². The van der Waals surface area contributed by atoms with Crippen LogP contribution in [0.3, 0.4) is 0 Å². The third-order valence-electron chi connectivity index (χ3n) is 4.99. The molecule has 1 saturated heterocycles. The highest BCUT2D eigenvalue weighted by Gasteiger charge is 2.24. The minimum atomic E-state index is -0.914. The van der Waals surface area contributed by atoms with Crippen molar-refractivity contribution >= 4 is 0 Å². The molecule has 0 N–H and O–H groups in total. The molecule has 1 aliphatic carbocycles. The highest BCUT2D eigenvalue weighted by molar-refractivity contribution is 5.34. The molecule has 2 unspecified atom stereocenters. The maximum absolute atomic E-state index is 14.0. The average molecular weight is 362 g/mol. The molecular formula is C21H24F2O3. The van der Waals surface area contributed by atoms with Crippen molar-refractivity contribution in [3.63, 3.8) is 0 Å². The van der Waals surface area contributed by atoms with E-state index in [4.69, 9.17) is 14.2 Å². The summed E-state index contributed by atoms with van der Waals surface area (Å²) in [5, 5.41) is 0. The van der Waals surface area contributed by atoms with Gasteiger partial charge in [-0.1, -0.05) is 18.2 Å². The van der Waals surface area contributed by atoms with Crippen molar-refractivity contribution in [2.24, 2.45) is 0 Å². The number of hydrogen-bond acceptors (Lipinski definition) is 3. The van der Waals surface area contributed by atoms with Crippen molar-refractivity contribution in [1.82, 2.24) is 0 Å². The number of methoxy groups -OCH3 is 1. The van der Waals surface area contributed by atoms with E-state index in [9.17, 15) is 8.78 Å². The van der Waals surface area contributed by atoms with Crippen LogP contribution in [-0.2, 0) is 9.47 Å². The van der Waals surface area contributed by atoms with E-state index < -0.39 is 11.7 Å². The zero-order valence-electron chi connectivity index (χ0n) is 15.0. The number of rotatable bonds is 6. The Labute approximate surface area is 152 Å². The summed E-state index contributed by atoms with van der Waals surface area (Å²) in [7, 11) is 1.35. The fraction of sp³-hybridized carbons (Fsp3) is 0.429. The van der Waals surface area contributed by atoms with Crippen LogP contribution in [0, 0.1) is 0 Å². The number of ether oxygens (including phenoxy) is 3. The quantitative estimate of drug-likeness (QED) is 0.638. The molecule has 26 heavy (non-hydrogen) atoms. The Morgan fingerprint density at radius 1 is 1.15 bits per heavy atom. The smallest absolute Gasteiger partial charge is 0.196 e. The normalized spacial score (nSPS) is 23.8. The molecule has 140 valence electrons. The molecule has 5 heteroatoms. The molecule has 0 aromatic heterocycles. The van der Waals surface area contributed by atoms with E-state index in [2.05, 4.69) is 6.58 Å². The largest absolute Gasteiger partial charge is 0.498 e. The molecule has 0 saturated carbocycles. The van der Waals surface area contributed by atoms with Crippen molar-refractivity contribution in [3.05, 3.63) is 65.5 Å². The summed E-state index contributed by atoms with van der Waals surface area (Å²) in [5.74, 6) is -0.713. The summed E-state index contributed by atoms with van der Waals surface area (Å²) in [6, 6.07) is 7.74. The first-order chi connectivity index (χ1) is 12.6. The summed E-state index contributed by atoms with van der Waals surface area (Å²) in [6.07, 6.45) is 4.77. The Balaban J connectivity index is 1.58. The minimum absolute atomic E-state index is 0.0309. The van der Waals surface area contributed by atoms with Gasteiger partial charge in [-0.25, -0.2) is 8.78 Å². The molecule has 1 aromatic carbocycles. The average Bonchev–Trinajstić information content (AvgIpc) is 2.70. The Kier molecular flexibility index (Phi) is 6.09. The highest BCUT2D eigenvalue weighted by atomic mass is 19.2. The molecular weight excluding hydrogens is 338 g/mol. The van der Waals surface area contributed by atoms with E-state index in [0.29, 0.717) is 36.7 Å². The zero-order chi connectivity index (χ0) is 18.5. The van der Waals surface area contributed by atoms with Gasteiger partial charge in [0.25, 0.3) is 0 Å². The van der Waals surface area contributed by atoms with E-state index >= 15 is 0 Å². The first-order valence-corrected chi connectivity index (χ1v) is 8.89. The van der Waals surface area contributed by atoms with Gasteiger partial charge in [0.2, 0.25) is 0 Å². The lowest BCUT2D eigenvalue weighted by Crippen LogP contribution is -2.22. The van der Waals surface area contributed by atoms with Crippen LogP contribution in [0.1, 0.15) is 37.2 Å². The molecule has 1 heterocycles. The molecule has 2 atom stereocenters. The molecule has 1 aliphatic heterocycles. The van der Waals surface area contributed by atoms with Gasteiger partial charge in [-0.2, -0.15) is 0 Å². The Hall–Kier alpha value is -2.14. The van der Waals surface area contributed by atoms with Crippen LogP contribution in [0.5, 0.6) is 5.75 Å². The highest BCUT2D eigenvalue weighted by Crippen LogP contribution is 2.33. The summed E-state index contributed by atoms with van der Waals surface area (Å²) in [6.45, 7) is 4.48. The van der Waals surface area contributed by atoms with Crippen LogP contribution in [-0.4, -0.2) is 26.4 Å². The third-order valence-corrected chi connectivity index (χ3v) is 4.99. The molecule has 0 amide bonds. The summed E-state index contributed by atoms with van der Waals surface area (Å²) in [4.78, 5) is 0. The number of benzene rings is 1. The molecule has 1 aromatic rings. The molecule has 2 aliphatic rings. The Bertz CT molecular complexity index is 698. The van der Waals surface area contributed by atoms with Crippen LogP contribution in [0.4, 0.5) is 8.78 Å². The maximum atomic E-state index is 14.0. The fourth-order valence-electron chi connectivity index (χ4n) is 3.32. The van der Waals surface area contributed by atoms with Crippen LogP contribution < -0.4 is 4.74 Å². The number of hydrogen-bond donors (Lipinski definition) is 0. The SMILES string of the molecule is C=CC1CCC(c2ccc(OCC3=C(F)C(F)=C(OC)CC3)cc2)CO1. The van der Waals surface area contributed by atoms with Gasteiger partial charge in [-0.05, 0) is 37.0 Å². The van der Waals surface area contributed by atoms with Gasteiger partial charge in [-0.3, -0.25) is 0 Å². The lowest BCUT2D eigenvalue weighted by molar-refractivity contribution is 0.0329. The Morgan fingerprint density at radius 3 is 2.54 bits per heavy atom. The van der Waals surface area contributed by atoms with Crippen molar-refractivity contribution in [2.45, 2.75) is 37.7 Å². The lowest BCUT2D eigenvalue weighted by Gasteiger charge is -2.27.